The molecule has 1 heterocycles. The summed E-state index contributed by atoms with van der Waals surface area (Å²) in [4.78, 5) is 4.99. The first-order valence-corrected chi connectivity index (χ1v) is 6.73. The normalized spacial score (nSPS) is 33.6. The van der Waals surface area contributed by atoms with E-state index in [1.165, 1.54) is 25.8 Å². The van der Waals surface area contributed by atoms with E-state index in [1.54, 1.807) is 0 Å². The van der Waals surface area contributed by atoms with Crippen molar-refractivity contribution >= 4 is 0 Å². The van der Waals surface area contributed by atoms with Crippen molar-refractivity contribution < 1.29 is 0 Å². The molecule has 0 amide bonds. The summed E-state index contributed by atoms with van der Waals surface area (Å²) in [7, 11) is 4.31. The van der Waals surface area contributed by atoms with E-state index in [-0.39, 0.29) is 0 Å². The van der Waals surface area contributed by atoms with Gasteiger partial charge in [-0.25, -0.2) is 0 Å². The number of nitrogens with one attached hydrogen (secondary N) is 1. The Kier molecular flexibility index (Phi) is 3.88. The van der Waals surface area contributed by atoms with Gasteiger partial charge in [0.05, 0.1) is 0 Å². The van der Waals surface area contributed by atoms with Gasteiger partial charge in [-0.05, 0) is 47.2 Å². The average Bonchev–Trinajstić information content (AvgIpc) is 3.00. The molecule has 2 rings (SSSR count). The minimum absolute atomic E-state index is 0.630. The van der Waals surface area contributed by atoms with Crippen LogP contribution in [0.15, 0.2) is 0 Å². The van der Waals surface area contributed by atoms with Crippen LogP contribution < -0.4 is 5.32 Å². The fraction of sp³-hybridized carbons (Fsp3) is 1.00. The summed E-state index contributed by atoms with van der Waals surface area (Å²) in [6.45, 7) is 7.05. The summed E-state index contributed by atoms with van der Waals surface area (Å²) in [6, 6.07) is 3.07. The van der Waals surface area contributed by atoms with Crippen molar-refractivity contribution in [2.45, 2.75) is 57.3 Å². The Morgan fingerprint density at radius 3 is 2.62 bits per heavy atom. The minimum atomic E-state index is 0.630. The molecule has 0 aromatic carbocycles. The molecule has 3 heteroatoms. The molecule has 0 spiro atoms. The van der Waals surface area contributed by atoms with Crippen molar-refractivity contribution in [1.82, 2.24) is 15.1 Å². The summed E-state index contributed by atoms with van der Waals surface area (Å²) < 4.78 is 0. The molecule has 1 saturated heterocycles. The molecule has 0 aromatic heterocycles. The van der Waals surface area contributed by atoms with E-state index >= 15 is 0 Å². The number of likely N-dealkylation sites (tertiary alicyclic amines) is 1. The summed E-state index contributed by atoms with van der Waals surface area (Å²) in [5.41, 5.74) is 0. The monoisotopic (exact) mass is 225 g/mol. The van der Waals surface area contributed by atoms with E-state index in [4.69, 9.17) is 0 Å². The van der Waals surface area contributed by atoms with Crippen LogP contribution in [0.4, 0.5) is 0 Å². The zero-order chi connectivity index (χ0) is 11.7. The SMILES string of the molecule is CC(CNC1CC(C)N(C2CC2)C1)N(C)C. The largest absolute Gasteiger partial charge is 0.311 e. The lowest BCUT2D eigenvalue weighted by Gasteiger charge is -2.23. The summed E-state index contributed by atoms with van der Waals surface area (Å²) >= 11 is 0. The zero-order valence-electron chi connectivity index (χ0n) is 11.2. The standard InChI is InChI=1S/C13H27N3/c1-10-7-12(9-16(10)13-5-6-13)14-8-11(2)15(3)4/h10-14H,5-9H2,1-4H3. The van der Waals surface area contributed by atoms with Crippen LogP contribution in [0.3, 0.4) is 0 Å². The predicted octanol–water partition coefficient (Wildman–Crippen LogP) is 1.15. The minimum Gasteiger partial charge on any atom is -0.311 e. The summed E-state index contributed by atoms with van der Waals surface area (Å²) in [5, 5.41) is 3.72. The third kappa shape index (κ3) is 2.96. The lowest BCUT2D eigenvalue weighted by atomic mass is 10.2. The quantitative estimate of drug-likeness (QED) is 0.757. The molecule has 1 aliphatic carbocycles. The van der Waals surface area contributed by atoms with E-state index < -0.39 is 0 Å². The highest BCUT2D eigenvalue weighted by Crippen LogP contribution is 2.33. The first-order chi connectivity index (χ1) is 7.58. The Bertz CT molecular complexity index is 225. The molecule has 0 aromatic rings. The van der Waals surface area contributed by atoms with Crippen molar-refractivity contribution in [2.24, 2.45) is 0 Å². The van der Waals surface area contributed by atoms with Gasteiger partial charge in [-0.2, -0.15) is 0 Å². The molecule has 0 bridgehead atoms. The Morgan fingerprint density at radius 1 is 1.38 bits per heavy atom. The summed E-state index contributed by atoms with van der Waals surface area (Å²) in [5.74, 6) is 0. The lowest BCUT2D eigenvalue weighted by Crippen LogP contribution is -2.41. The Balaban J connectivity index is 1.71. The third-order valence-electron chi connectivity index (χ3n) is 4.22. The topological polar surface area (TPSA) is 18.5 Å². The van der Waals surface area contributed by atoms with Crippen LogP contribution in [0.5, 0.6) is 0 Å². The maximum atomic E-state index is 3.72. The van der Waals surface area contributed by atoms with Crippen LogP contribution in [0.1, 0.15) is 33.1 Å². The average molecular weight is 225 g/mol. The second-order valence-electron chi connectivity index (χ2n) is 5.93. The molecule has 2 fully saturated rings. The predicted molar refractivity (Wildman–Crippen MR) is 68.7 cm³/mol. The molecular formula is C13H27N3. The lowest BCUT2D eigenvalue weighted by molar-refractivity contribution is 0.252. The fourth-order valence-corrected chi connectivity index (χ4v) is 2.64. The third-order valence-corrected chi connectivity index (χ3v) is 4.22. The second-order valence-corrected chi connectivity index (χ2v) is 5.93. The highest BCUT2D eigenvalue weighted by molar-refractivity contribution is 4.96. The Hall–Kier alpha value is -0.120. The van der Waals surface area contributed by atoms with Crippen LogP contribution in [-0.2, 0) is 0 Å². The van der Waals surface area contributed by atoms with E-state index in [9.17, 15) is 0 Å². The molecule has 1 N–H and O–H groups in total. The van der Waals surface area contributed by atoms with Crippen molar-refractivity contribution in [3.8, 4) is 0 Å². The van der Waals surface area contributed by atoms with Gasteiger partial charge in [0.25, 0.3) is 0 Å². The number of rotatable bonds is 5. The Labute approximate surface area is 100 Å². The smallest absolute Gasteiger partial charge is 0.0210 e. The molecular weight excluding hydrogens is 198 g/mol. The van der Waals surface area contributed by atoms with Gasteiger partial charge >= 0.3 is 0 Å². The molecule has 0 radical (unpaired) electrons. The van der Waals surface area contributed by atoms with Gasteiger partial charge in [0.15, 0.2) is 0 Å². The molecule has 1 aliphatic heterocycles. The van der Waals surface area contributed by atoms with E-state index in [1.807, 2.05) is 0 Å². The van der Waals surface area contributed by atoms with Gasteiger partial charge in [0.1, 0.15) is 0 Å². The van der Waals surface area contributed by atoms with Gasteiger partial charge in [0, 0.05) is 37.3 Å². The van der Waals surface area contributed by atoms with E-state index in [2.05, 4.69) is 43.1 Å². The van der Waals surface area contributed by atoms with Crippen molar-refractivity contribution in [3.05, 3.63) is 0 Å². The fourth-order valence-electron chi connectivity index (χ4n) is 2.64. The highest BCUT2D eigenvalue weighted by Gasteiger charge is 2.38. The van der Waals surface area contributed by atoms with Crippen LogP contribution in [0.2, 0.25) is 0 Å². The van der Waals surface area contributed by atoms with Crippen LogP contribution in [0.25, 0.3) is 0 Å². The molecule has 16 heavy (non-hydrogen) atoms. The number of hydrogen-bond acceptors (Lipinski definition) is 3. The number of nitrogens with zero attached hydrogens (tertiary/aromatic N) is 2. The van der Waals surface area contributed by atoms with Gasteiger partial charge < -0.3 is 10.2 Å². The van der Waals surface area contributed by atoms with Crippen molar-refractivity contribution in [2.75, 3.05) is 27.2 Å². The highest BCUT2D eigenvalue weighted by atomic mass is 15.3. The van der Waals surface area contributed by atoms with Gasteiger partial charge in [-0.1, -0.05) is 0 Å². The van der Waals surface area contributed by atoms with Crippen molar-refractivity contribution in [1.29, 1.82) is 0 Å². The molecule has 3 atom stereocenters. The van der Waals surface area contributed by atoms with E-state index in [0.29, 0.717) is 6.04 Å². The van der Waals surface area contributed by atoms with Gasteiger partial charge in [0.2, 0.25) is 0 Å². The van der Waals surface area contributed by atoms with Crippen LogP contribution in [-0.4, -0.2) is 61.2 Å². The molecule has 3 unspecified atom stereocenters. The first-order valence-electron chi connectivity index (χ1n) is 6.73. The van der Waals surface area contributed by atoms with Gasteiger partial charge in [-0.15, -0.1) is 0 Å². The number of likely N-dealkylation sites (N-methyl/N-ethyl adjacent to an activating group) is 1. The van der Waals surface area contributed by atoms with E-state index in [0.717, 1.165) is 24.7 Å². The number of hydrogen-bond donors (Lipinski definition) is 1. The summed E-state index contributed by atoms with van der Waals surface area (Å²) in [6.07, 6.45) is 4.20. The van der Waals surface area contributed by atoms with Crippen LogP contribution in [0, 0.1) is 0 Å². The zero-order valence-corrected chi connectivity index (χ0v) is 11.2. The second kappa shape index (κ2) is 5.03. The molecule has 1 saturated carbocycles. The van der Waals surface area contributed by atoms with Crippen LogP contribution >= 0.6 is 0 Å². The molecule has 3 nitrogen and oxygen atoms in total. The maximum absolute atomic E-state index is 3.72. The Morgan fingerprint density at radius 2 is 2.06 bits per heavy atom. The van der Waals surface area contributed by atoms with Crippen molar-refractivity contribution in [3.63, 3.8) is 0 Å². The maximum Gasteiger partial charge on any atom is 0.0210 e. The molecule has 94 valence electrons. The van der Waals surface area contributed by atoms with Gasteiger partial charge in [-0.3, -0.25) is 4.90 Å². The molecule has 2 aliphatic rings. The first kappa shape index (κ1) is 12.3.